The number of amides is 2. The third-order valence-electron chi connectivity index (χ3n) is 5.22. The molecule has 1 aliphatic heterocycles. The van der Waals surface area contributed by atoms with Crippen molar-refractivity contribution in [1.29, 1.82) is 0 Å². The lowest BCUT2D eigenvalue weighted by atomic mass is 10.2. The molecule has 0 radical (unpaired) electrons. The fourth-order valence-corrected chi connectivity index (χ4v) is 4.49. The van der Waals surface area contributed by atoms with Gasteiger partial charge in [0.25, 0.3) is 11.8 Å². The predicted molar refractivity (Wildman–Crippen MR) is 139 cm³/mol. The fourth-order valence-electron chi connectivity index (χ4n) is 3.31. The molecule has 0 unspecified atom stereocenters. The van der Waals surface area contributed by atoms with Gasteiger partial charge < -0.3 is 24.3 Å². The molecule has 1 fully saturated rings. The first-order valence-electron chi connectivity index (χ1n) is 10.9. The highest BCUT2D eigenvalue weighted by Gasteiger charge is 2.21. The first-order valence-corrected chi connectivity index (χ1v) is 12.1. The van der Waals surface area contributed by atoms with E-state index < -0.39 is 11.8 Å². The Labute approximate surface area is 213 Å². The van der Waals surface area contributed by atoms with E-state index in [1.165, 1.54) is 22.7 Å². The second-order valence-electron chi connectivity index (χ2n) is 7.57. The minimum absolute atomic E-state index is 0.0693. The molecule has 2 amide bonds. The standard InChI is InChI=1S/C25H24N4O4S2/c1-28(19-9-11-26-12-10-19)24(31)21(27-23(30)18-5-3-2-4-6-18)17-20-7-8-22(33-20)35-25(34)29-13-15-32-16-14-29/h2-12,17H,13-16H2,1H3,(H,27,30)/b21-17-. The lowest BCUT2D eigenvalue weighted by Gasteiger charge is -2.28. The summed E-state index contributed by atoms with van der Waals surface area (Å²) in [4.78, 5) is 33.7. The van der Waals surface area contributed by atoms with E-state index in [9.17, 15) is 9.59 Å². The van der Waals surface area contributed by atoms with Crippen LogP contribution in [0.5, 0.6) is 0 Å². The van der Waals surface area contributed by atoms with E-state index >= 15 is 0 Å². The lowest BCUT2D eigenvalue weighted by Crippen LogP contribution is -2.38. The van der Waals surface area contributed by atoms with Gasteiger partial charge in [0, 0.05) is 49.9 Å². The third kappa shape index (κ3) is 6.56. The number of thiocarbonyl (C=S) groups is 1. The van der Waals surface area contributed by atoms with Crippen molar-refractivity contribution >= 4 is 51.9 Å². The summed E-state index contributed by atoms with van der Waals surface area (Å²) in [5, 5.41) is 3.33. The van der Waals surface area contributed by atoms with Gasteiger partial charge in [0.1, 0.15) is 15.8 Å². The van der Waals surface area contributed by atoms with Crippen LogP contribution in [0.15, 0.2) is 82.2 Å². The molecule has 2 aromatic heterocycles. The summed E-state index contributed by atoms with van der Waals surface area (Å²) >= 11 is 6.87. The molecule has 8 nitrogen and oxygen atoms in total. The molecule has 1 saturated heterocycles. The van der Waals surface area contributed by atoms with Gasteiger partial charge in [-0.3, -0.25) is 14.6 Å². The van der Waals surface area contributed by atoms with Gasteiger partial charge in [0.05, 0.1) is 13.2 Å². The van der Waals surface area contributed by atoms with Crippen LogP contribution in [0.25, 0.3) is 6.08 Å². The second-order valence-corrected chi connectivity index (χ2v) is 9.21. The molecule has 180 valence electrons. The van der Waals surface area contributed by atoms with E-state index in [0.717, 1.165) is 13.1 Å². The van der Waals surface area contributed by atoms with Crippen LogP contribution in [-0.2, 0) is 9.53 Å². The van der Waals surface area contributed by atoms with Crippen molar-refractivity contribution in [2.45, 2.75) is 5.09 Å². The number of pyridine rings is 1. The number of anilines is 1. The van der Waals surface area contributed by atoms with E-state index in [4.69, 9.17) is 21.4 Å². The van der Waals surface area contributed by atoms with Gasteiger partial charge in [-0.1, -0.05) is 30.4 Å². The van der Waals surface area contributed by atoms with E-state index in [1.807, 2.05) is 6.07 Å². The predicted octanol–water partition coefficient (Wildman–Crippen LogP) is 3.82. The molecular formula is C25H24N4O4S2. The Hall–Kier alpha value is -3.47. The maximum Gasteiger partial charge on any atom is 0.274 e. The van der Waals surface area contributed by atoms with Gasteiger partial charge in [-0.25, -0.2) is 0 Å². The number of aromatic nitrogens is 1. The van der Waals surface area contributed by atoms with Crippen LogP contribution in [0.2, 0.25) is 0 Å². The summed E-state index contributed by atoms with van der Waals surface area (Å²) in [5.74, 6) is -0.394. The highest BCUT2D eigenvalue weighted by Crippen LogP contribution is 2.26. The summed E-state index contributed by atoms with van der Waals surface area (Å²) < 4.78 is 12.0. The van der Waals surface area contributed by atoms with Crippen molar-refractivity contribution in [3.63, 3.8) is 0 Å². The number of carbonyl (C=O) groups excluding carboxylic acids is 2. The minimum Gasteiger partial charge on any atom is -0.450 e. The number of likely N-dealkylation sites (N-methyl/N-ethyl adjacent to an activating group) is 1. The first kappa shape index (κ1) is 24.6. The number of nitrogens with one attached hydrogen (secondary N) is 1. The van der Waals surface area contributed by atoms with Crippen LogP contribution in [0.4, 0.5) is 5.69 Å². The average Bonchev–Trinajstić information content (AvgIpc) is 3.35. The topological polar surface area (TPSA) is 87.9 Å². The van der Waals surface area contributed by atoms with Crippen molar-refractivity contribution < 1.29 is 18.7 Å². The summed E-state index contributed by atoms with van der Waals surface area (Å²) in [7, 11) is 1.63. The number of benzene rings is 1. The largest absolute Gasteiger partial charge is 0.450 e. The number of hydrogen-bond acceptors (Lipinski definition) is 7. The van der Waals surface area contributed by atoms with Gasteiger partial charge >= 0.3 is 0 Å². The number of morpholine rings is 1. The zero-order chi connectivity index (χ0) is 24.6. The summed E-state index contributed by atoms with van der Waals surface area (Å²) in [6.07, 6.45) is 4.71. The van der Waals surface area contributed by atoms with Crippen molar-refractivity contribution in [1.82, 2.24) is 15.2 Å². The highest BCUT2D eigenvalue weighted by atomic mass is 32.2. The van der Waals surface area contributed by atoms with E-state index in [2.05, 4.69) is 15.2 Å². The quantitative estimate of drug-likeness (QED) is 0.306. The Morgan fingerprint density at radius 3 is 2.51 bits per heavy atom. The number of carbonyl (C=O) groups is 2. The van der Waals surface area contributed by atoms with E-state index in [1.54, 1.807) is 68.0 Å². The van der Waals surface area contributed by atoms with Gasteiger partial charge in [-0.15, -0.1) is 0 Å². The Morgan fingerprint density at radius 2 is 1.80 bits per heavy atom. The van der Waals surface area contributed by atoms with Gasteiger partial charge in [0.2, 0.25) is 0 Å². The van der Waals surface area contributed by atoms with Crippen LogP contribution in [0, 0.1) is 0 Å². The molecule has 1 aromatic carbocycles. The first-order chi connectivity index (χ1) is 17.0. The number of nitrogens with zero attached hydrogens (tertiary/aromatic N) is 3. The molecule has 1 N–H and O–H groups in total. The highest BCUT2D eigenvalue weighted by molar-refractivity contribution is 8.22. The molecule has 10 heteroatoms. The molecule has 3 heterocycles. The molecule has 35 heavy (non-hydrogen) atoms. The zero-order valence-corrected chi connectivity index (χ0v) is 20.7. The maximum atomic E-state index is 13.3. The Kier molecular flexibility index (Phi) is 8.30. The van der Waals surface area contributed by atoms with Crippen molar-refractivity contribution in [3.05, 3.63) is 84.0 Å². The molecule has 3 aromatic rings. The van der Waals surface area contributed by atoms with Gasteiger partial charge in [-0.2, -0.15) is 0 Å². The van der Waals surface area contributed by atoms with Crippen molar-refractivity contribution in [2.24, 2.45) is 0 Å². The maximum absolute atomic E-state index is 13.3. The summed E-state index contributed by atoms with van der Waals surface area (Å²) in [6.45, 7) is 2.77. The number of hydrogen-bond donors (Lipinski definition) is 1. The average molecular weight is 509 g/mol. The molecule has 0 spiro atoms. The van der Waals surface area contributed by atoms with E-state index in [0.29, 0.717) is 39.6 Å². The summed E-state index contributed by atoms with van der Waals surface area (Å²) in [5.41, 5.74) is 1.14. The van der Waals surface area contributed by atoms with Crippen molar-refractivity contribution in [3.8, 4) is 0 Å². The monoisotopic (exact) mass is 508 g/mol. The number of furan rings is 1. The van der Waals surface area contributed by atoms with Crippen LogP contribution in [-0.4, -0.2) is 59.4 Å². The molecule has 0 atom stereocenters. The Morgan fingerprint density at radius 1 is 1.09 bits per heavy atom. The zero-order valence-electron chi connectivity index (χ0n) is 19.0. The normalized spacial score (nSPS) is 13.9. The van der Waals surface area contributed by atoms with Gasteiger partial charge in [0.15, 0.2) is 5.09 Å². The Balaban J connectivity index is 1.55. The fraction of sp³-hybridized carbons (Fsp3) is 0.200. The Bertz CT molecular complexity index is 1210. The lowest BCUT2D eigenvalue weighted by molar-refractivity contribution is -0.115. The van der Waals surface area contributed by atoms with Crippen LogP contribution in [0.3, 0.4) is 0 Å². The SMILES string of the molecule is CN(C(=O)/C(=C/c1ccc(SC(=S)N2CCOCC2)o1)NC(=O)c1ccccc1)c1ccncc1. The van der Waals surface area contributed by atoms with Gasteiger partial charge in [-0.05, 0) is 48.2 Å². The molecule has 0 saturated carbocycles. The number of ether oxygens (including phenoxy) is 1. The van der Waals surface area contributed by atoms with Crippen LogP contribution < -0.4 is 10.2 Å². The molecule has 0 bridgehead atoms. The molecule has 1 aliphatic rings. The smallest absolute Gasteiger partial charge is 0.274 e. The summed E-state index contributed by atoms with van der Waals surface area (Å²) in [6, 6.07) is 15.6. The van der Waals surface area contributed by atoms with Crippen LogP contribution >= 0.6 is 24.0 Å². The number of rotatable bonds is 6. The minimum atomic E-state index is -0.407. The second kappa shape index (κ2) is 11.8. The van der Waals surface area contributed by atoms with E-state index in [-0.39, 0.29) is 5.70 Å². The molecule has 4 rings (SSSR count). The molecular weight excluding hydrogens is 484 g/mol. The number of thioether (sulfide) groups is 1. The van der Waals surface area contributed by atoms with Crippen molar-refractivity contribution in [2.75, 3.05) is 38.3 Å². The molecule has 0 aliphatic carbocycles. The third-order valence-corrected chi connectivity index (χ3v) is 6.58. The van der Waals surface area contributed by atoms with Crippen LogP contribution in [0.1, 0.15) is 16.1 Å².